The molecule has 2 nitrogen and oxygen atoms in total. The van der Waals surface area contributed by atoms with Crippen molar-refractivity contribution < 1.29 is 9.53 Å². The Balaban J connectivity index is 2.42. The van der Waals surface area contributed by atoms with Gasteiger partial charge in [0.1, 0.15) is 6.10 Å². The summed E-state index contributed by atoms with van der Waals surface area (Å²) in [4.78, 5) is 11.2. The Morgan fingerprint density at radius 2 is 2.00 bits per heavy atom. The van der Waals surface area contributed by atoms with E-state index in [1.165, 1.54) is 12.8 Å². The first-order chi connectivity index (χ1) is 6.20. The molecule has 0 spiro atoms. The summed E-state index contributed by atoms with van der Waals surface area (Å²) in [6, 6.07) is 0. The number of esters is 1. The Morgan fingerprint density at radius 1 is 1.31 bits per heavy atom. The summed E-state index contributed by atoms with van der Waals surface area (Å²) in [5.74, 6) is -0.0616. The van der Waals surface area contributed by atoms with Crippen LogP contribution in [0.4, 0.5) is 0 Å². The minimum Gasteiger partial charge on any atom is -0.461 e. The normalized spacial score (nSPS) is 32.3. The zero-order valence-corrected chi connectivity index (χ0v) is 9.06. The van der Waals surface area contributed by atoms with E-state index < -0.39 is 0 Å². The summed E-state index contributed by atoms with van der Waals surface area (Å²) in [5, 5.41) is 0.210. The first kappa shape index (κ1) is 10.9. The maximum Gasteiger partial charge on any atom is 0.306 e. The third-order valence-corrected chi connectivity index (χ3v) is 3.17. The molecule has 76 valence electrons. The van der Waals surface area contributed by atoms with E-state index in [1.54, 1.807) is 0 Å². The fourth-order valence-electron chi connectivity index (χ4n) is 1.56. The molecule has 1 heterocycles. The largest absolute Gasteiger partial charge is 0.461 e. The van der Waals surface area contributed by atoms with Gasteiger partial charge in [-0.05, 0) is 19.8 Å². The van der Waals surface area contributed by atoms with Crippen LogP contribution < -0.4 is 0 Å². The minimum atomic E-state index is -0.0616. The topological polar surface area (TPSA) is 26.3 Å². The average molecular weight is 202 g/mol. The lowest BCUT2D eigenvalue weighted by Crippen LogP contribution is -2.25. The summed E-state index contributed by atoms with van der Waals surface area (Å²) in [6.07, 6.45) is 6.14. The molecule has 0 N–H and O–H groups in total. The van der Waals surface area contributed by atoms with Crippen LogP contribution in [0.1, 0.15) is 45.4 Å². The molecule has 1 saturated heterocycles. The smallest absolute Gasteiger partial charge is 0.306 e. The van der Waals surface area contributed by atoms with Crippen LogP contribution >= 0.6 is 12.6 Å². The van der Waals surface area contributed by atoms with Crippen molar-refractivity contribution in [3.05, 3.63) is 0 Å². The van der Waals surface area contributed by atoms with Crippen molar-refractivity contribution in [2.75, 3.05) is 0 Å². The van der Waals surface area contributed by atoms with Crippen molar-refractivity contribution >= 4 is 18.6 Å². The van der Waals surface area contributed by atoms with Crippen LogP contribution in [-0.4, -0.2) is 17.3 Å². The fraction of sp³-hybridized carbons (Fsp3) is 0.900. The van der Waals surface area contributed by atoms with Gasteiger partial charge in [0.15, 0.2) is 0 Å². The molecule has 1 fully saturated rings. The van der Waals surface area contributed by atoms with E-state index in [0.29, 0.717) is 6.42 Å². The molecular formula is C10H18O2S. The molecule has 2 unspecified atom stereocenters. The van der Waals surface area contributed by atoms with Gasteiger partial charge in [0.05, 0.1) is 0 Å². The molecule has 1 aliphatic heterocycles. The molecule has 0 aromatic carbocycles. The molecule has 0 saturated carbocycles. The number of cyclic esters (lactones) is 1. The van der Waals surface area contributed by atoms with E-state index in [1.807, 2.05) is 6.92 Å². The predicted octanol–water partition coefficient (Wildman–Crippen LogP) is 2.57. The van der Waals surface area contributed by atoms with Crippen molar-refractivity contribution in [1.29, 1.82) is 0 Å². The standard InChI is InChI=1S/C10H18O2S/c1-8-9(13)6-4-2-3-5-7-10(11)12-8/h8-9,13H,2-7H2,1H3. The molecule has 13 heavy (non-hydrogen) atoms. The molecule has 0 aliphatic carbocycles. The first-order valence-electron chi connectivity index (χ1n) is 5.07. The van der Waals surface area contributed by atoms with Crippen LogP contribution in [0.3, 0.4) is 0 Å². The van der Waals surface area contributed by atoms with Gasteiger partial charge in [0.2, 0.25) is 0 Å². The summed E-state index contributed by atoms with van der Waals surface area (Å²) in [7, 11) is 0. The highest BCUT2D eigenvalue weighted by Gasteiger charge is 2.18. The Labute approximate surface area is 85.4 Å². The maximum absolute atomic E-state index is 11.2. The monoisotopic (exact) mass is 202 g/mol. The first-order valence-corrected chi connectivity index (χ1v) is 5.59. The number of thiol groups is 1. The van der Waals surface area contributed by atoms with E-state index in [0.717, 1.165) is 19.3 Å². The van der Waals surface area contributed by atoms with E-state index in [4.69, 9.17) is 4.74 Å². The quantitative estimate of drug-likeness (QED) is 0.482. The lowest BCUT2D eigenvalue weighted by atomic mass is 10.1. The van der Waals surface area contributed by atoms with Crippen LogP contribution in [0.15, 0.2) is 0 Å². The van der Waals surface area contributed by atoms with E-state index >= 15 is 0 Å². The number of ether oxygens (including phenoxy) is 1. The Bertz CT molecular complexity index is 170. The van der Waals surface area contributed by atoms with Crippen molar-refractivity contribution in [3.63, 3.8) is 0 Å². The van der Waals surface area contributed by atoms with Gasteiger partial charge in [-0.25, -0.2) is 0 Å². The number of hydrogen-bond donors (Lipinski definition) is 1. The van der Waals surface area contributed by atoms with Gasteiger partial charge in [0.25, 0.3) is 0 Å². The van der Waals surface area contributed by atoms with Crippen molar-refractivity contribution in [1.82, 2.24) is 0 Å². The molecule has 3 heteroatoms. The number of rotatable bonds is 0. The zero-order chi connectivity index (χ0) is 9.68. The fourth-order valence-corrected chi connectivity index (χ4v) is 1.80. The molecule has 2 atom stereocenters. The van der Waals surface area contributed by atoms with E-state index in [9.17, 15) is 4.79 Å². The minimum absolute atomic E-state index is 0.0334. The molecular weight excluding hydrogens is 184 g/mol. The summed E-state index contributed by atoms with van der Waals surface area (Å²) in [5.41, 5.74) is 0. The second-order valence-electron chi connectivity index (χ2n) is 3.72. The molecule has 0 radical (unpaired) electrons. The van der Waals surface area contributed by atoms with Crippen molar-refractivity contribution in [2.45, 2.75) is 56.8 Å². The van der Waals surface area contributed by atoms with Gasteiger partial charge in [-0.1, -0.05) is 19.3 Å². The van der Waals surface area contributed by atoms with Gasteiger partial charge in [-0.3, -0.25) is 4.79 Å². The lowest BCUT2D eigenvalue weighted by molar-refractivity contribution is -0.148. The molecule has 0 amide bonds. The third kappa shape index (κ3) is 4.03. The van der Waals surface area contributed by atoms with E-state index in [2.05, 4.69) is 12.6 Å². The highest BCUT2D eigenvalue weighted by Crippen LogP contribution is 2.18. The van der Waals surface area contributed by atoms with Crippen LogP contribution in [-0.2, 0) is 9.53 Å². The average Bonchev–Trinajstić information content (AvgIpc) is 2.09. The van der Waals surface area contributed by atoms with Crippen LogP contribution in [0.2, 0.25) is 0 Å². The predicted molar refractivity (Wildman–Crippen MR) is 56.0 cm³/mol. The third-order valence-electron chi connectivity index (χ3n) is 2.49. The van der Waals surface area contributed by atoms with Gasteiger partial charge >= 0.3 is 5.97 Å². The molecule has 0 aromatic heterocycles. The van der Waals surface area contributed by atoms with Crippen molar-refractivity contribution in [2.24, 2.45) is 0 Å². The second-order valence-corrected chi connectivity index (χ2v) is 4.38. The van der Waals surface area contributed by atoms with Gasteiger partial charge < -0.3 is 4.74 Å². The van der Waals surface area contributed by atoms with E-state index in [-0.39, 0.29) is 17.3 Å². The highest BCUT2D eigenvalue weighted by molar-refractivity contribution is 7.81. The van der Waals surface area contributed by atoms with Gasteiger partial charge in [-0.15, -0.1) is 0 Å². The second kappa shape index (κ2) is 5.53. The lowest BCUT2D eigenvalue weighted by Gasteiger charge is -2.20. The van der Waals surface area contributed by atoms with Crippen molar-refractivity contribution in [3.8, 4) is 0 Å². The molecule has 0 aromatic rings. The van der Waals surface area contributed by atoms with Gasteiger partial charge in [0, 0.05) is 11.7 Å². The number of hydrogen-bond acceptors (Lipinski definition) is 3. The highest BCUT2D eigenvalue weighted by atomic mass is 32.1. The SMILES string of the molecule is CC1OC(=O)CCCCCCC1S. The summed E-state index contributed by atoms with van der Waals surface area (Å²) >= 11 is 4.42. The number of carbonyl (C=O) groups is 1. The molecule has 0 bridgehead atoms. The zero-order valence-electron chi connectivity index (χ0n) is 8.16. The maximum atomic E-state index is 11.2. The van der Waals surface area contributed by atoms with Gasteiger partial charge in [-0.2, -0.15) is 12.6 Å². The van der Waals surface area contributed by atoms with Crippen LogP contribution in [0.25, 0.3) is 0 Å². The Morgan fingerprint density at radius 3 is 2.77 bits per heavy atom. The summed E-state index contributed by atoms with van der Waals surface area (Å²) < 4.78 is 5.22. The summed E-state index contributed by atoms with van der Waals surface area (Å²) in [6.45, 7) is 1.93. The van der Waals surface area contributed by atoms with Crippen LogP contribution in [0.5, 0.6) is 0 Å². The Kier molecular flexibility index (Phi) is 4.64. The molecule has 1 aliphatic rings. The Hall–Kier alpha value is -0.180. The number of carbonyl (C=O) groups excluding carboxylic acids is 1. The van der Waals surface area contributed by atoms with Crippen LogP contribution in [0, 0.1) is 0 Å². The molecule has 1 rings (SSSR count).